The number of nitrogens with zero attached hydrogens (tertiary/aromatic N) is 1. The van der Waals surface area contributed by atoms with Crippen molar-refractivity contribution in [2.45, 2.75) is 6.18 Å². The molecule has 0 radical (unpaired) electrons. The van der Waals surface area contributed by atoms with E-state index in [2.05, 4.69) is 4.98 Å². The van der Waals surface area contributed by atoms with Crippen LogP contribution in [0.15, 0.2) is 42.6 Å². The topological polar surface area (TPSA) is 39.6 Å². The van der Waals surface area contributed by atoms with Crippen LogP contribution in [0.4, 0.5) is 13.2 Å². The second-order valence-electron chi connectivity index (χ2n) is 3.84. The Morgan fingerprint density at radius 3 is 2.47 bits per heavy atom. The molecule has 96 valence electrons. The number of alkyl halides is 3. The number of aromatic nitrogens is 1. The maximum atomic E-state index is 12.9. The van der Waals surface area contributed by atoms with E-state index >= 15 is 0 Å². The van der Waals surface area contributed by atoms with Crippen molar-refractivity contribution in [3.05, 3.63) is 59.4 Å². The molecule has 0 aliphatic rings. The van der Waals surface area contributed by atoms with E-state index in [1.165, 1.54) is 24.3 Å². The van der Waals surface area contributed by atoms with Crippen LogP contribution >= 0.6 is 0 Å². The fourth-order valence-electron chi connectivity index (χ4n) is 1.72. The average molecular weight is 262 g/mol. The minimum atomic E-state index is -4.48. The van der Waals surface area contributed by atoms with Crippen molar-refractivity contribution in [1.29, 1.82) is 5.26 Å². The molecule has 1 aromatic heterocycles. The predicted octanol–water partition coefficient (Wildman–Crippen LogP) is 4.10. The number of nitriles is 1. The minimum Gasteiger partial charge on any atom is -0.362 e. The Bertz CT molecular complexity index is 631. The summed E-state index contributed by atoms with van der Waals surface area (Å²) in [5.74, 6) is 0. The van der Waals surface area contributed by atoms with Gasteiger partial charge in [-0.2, -0.15) is 18.4 Å². The summed E-state index contributed by atoms with van der Waals surface area (Å²) < 4.78 is 38.6. The Morgan fingerprint density at radius 1 is 1.16 bits per heavy atom. The fourth-order valence-corrected chi connectivity index (χ4v) is 1.72. The van der Waals surface area contributed by atoms with E-state index in [0.717, 1.165) is 6.07 Å². The number of rotatable bonds is 2. The zero-order chi connectivity index (χ0) is 13.9. The zero-order valence-corrected chi connectivity index (χ0v) is 9.70. The lowest BCUT2D eigenvalue weighted by Gasteiger charge is -2.11. The van der Waals surface area contributed by atoms with Crippen LogP contribution in [0.5, 0.6) is 0 Å². The first kappa shape index (κ1) is 13.0. The summed E-state index contributed by atoms with van der Waals surface area (Å²) in [4.78, 5) is 2.82. The van der Waals surface area contributed by atoms with Crippen LogP contribution in [0.1, 0.15) is 16.8 Å². The highest BCUT2D eigenvalue weighted by atomic mass is 19.4. The maximum absolute atomic E-state index is 12.9. The molecular weight excluding hydrogens is 253 g/mol. The molecule has 19 heavy (non-hydrogen) atoms. The van der Waals surface area contributed by atoms with Gasteiger partial charge in [-0.1, -0.05) is 18.2 Å². The number of halogens is 3. The molecule has 1 heterocycles. The predicted molar refractivity (Wildman–Crippen MR) is 65.7 cm³/mol. The van der Waals surface area contributed by atoms with Gasteiger partial charge in [-0.25, -0.2) is 0 Å². The molecule has 0 saturated heterocycles. The van der Waals surface area contributed by atoms with E-state index in [4.69, 9.17) is 5.26 Å². The Balaban J connectivity index is 2.55. The van der Waals surface area contributed by atoms with Gasteiger partial charge < -0.3 is 4.98 Å². The molecule has 0 unspecified atom stereocenters. The number of H-pyrrole nitrogens is 1. The van der Waals surface area contributed by atoms with Crippen LogP contribution in [0.25, 0.3) is 11.6 Å². The van der Waals surface area contributed by atoms with Crippen LogP contribution in [-0.4, -0.2) is 4.98 Å². The SMILES string of the molecule is N#C/C(=C\c1ccc[nH]1)c1ccccc1C(F)(F)F. The molecule has 1 N–H and O–H groups in total. The number of nitrogens with one attached hydrogen (secondary N) is 1. The third-order valence-electron chi connectivity index (χ3n) is 2.56. The highest BCUT2D eigenvalue weighted by Crippen LogP contribution is 2.35. The normalized spacial score (nSPS) is 12.2. The van der Waals surface area contributed by atoms with E-state index in [1.54, 1.807) is 18.3 Å². The Morgan fingerprint density at radius 2 is 1.89 bits per heavy atom. The summed E-state index contributed by atoms with van der Waals surface area (Å²) in [6.07, 6.45) is -1.46. The molecule has 0 atom stereocenters. The first-order valence-corrected chi connectivity index (χ1v) is 5.44. The third-order valence-corrected chi connectivity index (χ3v) is 2.56. The smallest absolute Gasteiger partial charge is 0.362 e. The second-order valence-corrected chi connectivity index (χ2v) is 3.84. The van der Waals surface area contributed by atoms with Gasteiger partial charge >= 0.3 is 6.18 Å². The molecule has 0 spiro atoms. The van der Waals surface area contributed by atoms with Crippen LogP contribution in [0.3, 0.4) is 0 Å². The molecule has 0 aliphatic carbocycles. The number of hydrogen-bond donors (Lipinski definition) is 1. The minimum absolute atomic E-state index is 0.0321. The lowest BCUT2D eigenvalue weighted by Crippen LogP contribution is -2.08. The lowest BCUT2D eigenvalue weighted by atomic mass is 9.99. The Kier molecular flexibility index (Phi) is 3.43. The number of allylic oxidation sites excluding steroid dienone is 1. The van der Waals surface area contributed by atoms with Crippen LogP contribution in [-0.2, 0) is 6.18 Å². The lowest BCUT2D eigenvalue weighted by molar-refractivity contribution is -0.137. The van der Waals surface area contributed by atoms with Crippen LogP contribution < -0.4 is 0 Å². The van der Waals surface area contributed by atoms with Crippen LogP contribution in [0.2, 0.25) is 0 Å². The van der Waals surface area contributed by atoms with E-state index < -0.39 is 11.7 Å². The molecule has 0 amide bonds. The molecule has 2 rings (SSSR count). The third kappa shape index (κ3) is 2.86. The van der Waals surface area contributed by atoms with Gasteiger partial charge in [0.2, 0.25) is 0 Å². The van der Waals surface area contributed by atoms with Crippen LogP contribution in [0, 0.1) is 11.3 Å². The quantitative estimate of drug-likeness (QED) is 0.813. The van der Waals surface area contributed by atoms with Crippen molar-refractivity contribution < 1.29 is 13.2 Å². The van der Waals surface area contributed by atoms with Gasteiger partial charge in [-0.05, 0) is 24.3 Å². The standard InChI is InChI=1S/C14H9F3N2/c15-14(16,17)13-6-2-1-5-12(13)10(9-18)8-11-4-3-7-19-11/h1-8,19H/b10-8+. The molecule has 0 aliphatic heterocycles. The second kappa shape index (κ2) is 5.02. The van der Waals surface area contributed by atoms with Gasteiger partial charge in [0.15, 0.2) is 0 Å². The molecule has 2 nitrogen and oxygen atoms in total. The largest absolute Gasteiger partial charge is 0.417 e. The summed E-state index contributed by atoms with van der Waals surface area (Å²) in [5.41, 5.74) is -0.384. The van der Waals surface area contributed by atoms with Gasteiger partial charge in [0.25, 0.3) is 0 Å². The van der Waals surface area contributed by atoms with Gasteiger partial charge in [-0.3, -0.25) is 0 Å². The average Bonchev–Trinajstić information content (AvgIpc) is 2.88. The molecular formula is C14H9F3N2. The Labute approximate surface area is 107 Å². The summed E-state index contributed by atoms with van der Waals surface area (Å²) in [6.45, 7) is 0. The molecule has 5 heteroatoms. The first-order chi connectivity index (χ1) is 9.02. The molecule has 2 aromatic rings. The summed E-state index contributed by atoms with van der Waals surface area (Å²) in [6, 6.07) is 10.2. The van der Waals surface area contributed by atoms with Gasteiger partial charge in [0.1, 0.15) is 0 Å². The van der Waals surface area contributed by atoms with Gasteiger partial charge in [0, 0.05) is 17.5 Å². The molecule has 1 aromatic carbocycles. The van der Waals surface area contributed by atoms with Crippen molar-refractivity contribution in [1.82, 2.24) is 4.98 Å². The number of benzene rings is 1. The highest BCUT2D eigenvalue weighted by Gasteiger charge is 2.33. The first-order valence-electron chi connectivity index (χ1n) is 5.44. The summed E-state index contributed by atoms with van der Waals surface area (Å²) >= 11 is 0. The molecule has 0 fully saturated rings. The molecule has 0 saturated carbocycles. The monoisotopic (exact) mass is 262 g/mol. The van der Waals surface area contributed by atoms with Gasteiger partial charge in [-0.15, -0.1) is 0 Å². The summed E-state index contributed by atoms with van der Waals surface area (Å²) in [5, 5.41) is 9.07. The van der Waals surface area contributed by atoms with Gasteiger partial charge in [0.05, 0.1) is 17.2 Å². The molecule has 0 bridgehead atoms. The number of hydrogen-bond acceptors (Lipinski definition) is 1. The maximum Gasteiger partial charge on any atom is 0.417 e. The fraction of sp³-hybridized carbons (Fsp3) is 0.0714. The highest BCUT2D eigenvalue weighted by molar-refractivity contribution is 5.90. The number of aromatic amines is 1. The van der Waals surface area contributed by atoms with Crippen molar-refractivity contribution >= 4 is 11.6 Å². The van der Waals surface area contributed by atoms with Crippen molar-refractivity contribution in [3.8, 4) is 6.07 Å². The van der Waals surface area contributed by atoms with Crippen molar-refractivity contribution in [2.75, 3.05) is 0 Å². The van der Waals surface area contributed by atoms with E-state index in [-0.39, 0.29) is 11.1 Å². The summed E-state index contributed by atoms with van der Waals surface area (Å²) in [7, 11) is 0. The van der Waals surface area contributed by atoms with E-state index in [1.807, 2.05) is 6.07 Å². The van der Waals surface area contributed by atoms with E-state index in [9.17, 15) is 13.2 Å². The van der Waals surface area contributed by atoms with Crippen molar-refractivity contribution in [2.24, 2.45) is 0 Å². The zero-order valence-electron chi connectivity index (χ0n) is 9.70. The van der Waals surface area contributed by atoms with E-state index in [0.29, 0.717) is 5.69 Å². The van der Waals surface area contributed by atoms with Crippen molar-refractivity contribution in [3.63, 3.8) is 0 Å². The Hall–Kier alpha value is -2.48.